The molecule has 0 atom stereocenters. The van der Waals surface area contributed by atoms with E-state index in [4.69, 9.17) is 4.74 Å². The zero-order chi connectivity index (χ0) is 18.5. The van der Waals surface area contributed by atoms with Crippen LogP contribution in [0.2, 0.25) is 0 Å². The van der Waals surface area contributed by atoms with Gasteiger partial charge in [-0.25, -0.2) is 0 Å². The molecule has 0 aliphatic carbocycles. The van der Waals surface area contributed by atoms with Crippen molar-refractivity contribution in [1.29, 1.82) is 0 Å². The van der Waals surface area contributed by atoms with Crippen molar-refractivity contribution in [2.45, 2.75) is 19.8 Å². The Balaban J connectivity index is 1.50. The largest absolute Gasteiger partial charge is 0.496 e. The molecule has 6 nitrogen and oxygen atoms in total. The average molecular weight is 355 g/mol. The first-order valence-corrected chi connectivity index (χ1v) is 8.87. The number of carbonyl (C=O) groups excluding carboxylic acids is 2. The van der Waals surface area contributed by atoms with Gasteiger partial charge in [0.25, 0.3) is 0 Å². The van der Waals surface area contributed by atoms with E-state index >= 15 is 0 Å². The Hall–Kier alpha value is -2.76. The number of aromatic amines is 1. The normalized spacial score (nSPS) is 14.4. The number of carbonyl (C=O) groups is 2. The van der Waals surface area contributed by atoms with Gasteiger partial charge in [-0.3, -0.25) is 9.59 Å². The first kappa shape index (κ1) is 18.0. The second kappa shape index (κ2) is 8.08. The summed E-state index contributed by atoms with van der Waals surface area (Å²) in [5.74, 6) is 1.05. The summed E-state index contributed by atoms with van der Waals surface area (Å²) >= 11 is 0. The van der Waals surface area contributed by atoms with Crippen molar-refractivity contribution >= 4 is 11.8 Å². The fraction of sp³-hybridized carbons (Fsp3) is 0.400. The van der Waals surface area contributed by atoms with Crippen LogP contribution in [-0.2, 0) is 22.4 Å². The van der Waals surface area contributed by atoms with E-state index < -0.39 is 0 Å². The number of hydrogen-bond acceptors (Lipinski definition) is 3. The third-order valence-electron chi connectivity index (χ3n) is 4.82. The lowest BCUT2D eigenvalue weighted by Crippen LogP contribution is -2.51. The number of rotatable bonds is 5. The van der Waals surface area contributed by atoms with Crippen LogP contribution >= 0.6 is 0 Å². The number of hydrogen-bond donors (Lipinski definition) is 1. The molecule has 0 bridgehead atoms. The Bertz CT molecular complexity index is 763. The Morgan fingerprint density at radius 3 is 2.12 bits per heavy atom. The first-order chi connectivity index (χ1) is 12.6. The molecule has 1 aliphatic rings. The molecule has 26 heavy (non-hydrogen) atoms. The molecular formula is C20H25N3O3. The zero-order valence-corrected chi connectivity index (χ0v) is 15.3. The van der Waals surface area contributed by atoms with Crippen molar-refractivity contribution in [3.8, 4) is 5.75 Å². The Labute approximate surface area is 153 Å². The van der Waals surface area contributed by atoms with Gasteiger partial charge in [-0.1, -0.05) is 12.1 Å². The molecule has 0 saturated carbocycles. The fourth-order valence-corrected chi connectivity index (χ4v) is 3.30. The molecule has 6 heteroatoms. The van der Waals surface area contributed by atoms with Gasteiger partial charge in [0, 0.05) is 38.6 Å². The van der Waals surface area contributed by atoms with E-state index in [1.165, 1.54) is 0 Å². The van der Waals surface area contributed by atoms with Gasteiger partial charge in [0.05, 0.1) is 20.0 Å². The smallest absolute Gasteiger partial charge is 0.227 e. The summed E-state index contributed by atoms with van der Waals surface area (Å²) in [4.78, 5) is 31.5. The van der Waals surface area contributed by atoms with Crippen LogP contribution in [0.4, 0.5) is 0 Å². The molecule has 3 rings (SSSR count). The summed E-state index contributed by atoms with van der Waals surface area (Å²) < 4.78 is 5.26. The Morgan fingerprint density at radius 1 is 1.00 bits per heavy atom. The molecule has 1 aromatic carbocycles. The van der Waals surface area contributed by atoms with Crippen LogP contribution in [0.25, 0.3) is 0 Å². The summed E-state index contributed by atoms with van der Waals surface area (Å²) in [5.41, 5.74) is 3.00. The van der Waals surface area contributed by atoms with Gasteiger partial charge >= 0.3 is 0 Å². The molecule has 2 amide bonds. The van der Waals surface area contributed by atoms with Crippen molar-refractivity contribution in [1.82, 2.24) is 14.8 Å². The first-order valence-electron chi connectivity index (χ1n) is 8.87. The molecule has 1 fully saturated rings. The SMILES string of the molecule is COc1ccc(CC(=O)N2CCN(C(=O)Cc3cc[nH]c3)CC2)cc1C. The molecule has 1 N–H and O–H groups in total. The molecule has 2 heterocycles. The minimum Gasteiger partial charge on any atom is -0.496 e. The second-order valence-electron chi connectivity index (χ2n) is 6.64. The van der Waals surface area contributed by atoms with Crippen molar-refractivity contribution in [2.24, 2.45) is 0 Å². The van der Waals surface area contributed by atoms with Gasteiger partial charge in [-0.15, -0.1) is 0 Å². The number of H-pyrrole nitrogens is 1. The van der Waals surface area contributed by atoms with Crippen LogP contribution in [-0.4, -0.2) is 59.9 Å². The van der Waals surface area contributed by atoms with Gasteiger partial charge in [0.15, 0.2) is 0 Å². The number of ether oxygens (including phenoxy) is 1. The Morgan fingerprint density at radius 2 is 1.62 bits per heavy atom. The van der Waals surface area contributed by atoms with Crippen LogP contribution in [0.1, 0.15) is 16.7 Å². The lowest BCUT2D eigenvalue weighted by molar-refractivity contribution is -0.138. The number of amides is 2. The number of benzene rings is 1. The summed E-state index contributed by atoms with van der Waals surface area (Å²) in [6.45, 7) is 4.34. The van der Waals surface area contributed by atoms with Crippen LogP contribution in [0, 0.1) is 6.92 Å². The van der Waals surface area contributed by atoms with E-state index in [0.717, 1.165) is 22.4 Å². The maximum absolute atomic E-state index is 12.6. The fourth-order valence-electron chi connectivity index (χ4n) is 3.30. The van der Waals surface area contributed by atoms with Crippen molar-refractivity contribution < 1.29 is 14.3 Å². The van der Waals surface area contributed by atoms with Crippen LogP contribution in [0.3, 0.4) is 0 Å². The highest BCUT2D eigenvalue weighted by Crippen LogP contribution is 2.19. The van der Waals surface area contributed by atoms with Gasteiger partial charge in [0.1, 0.15) is 5.75 Å². The van der Waals surface area contributed by atoms with Crippen LogP contribution < -0.4 is 4.74 Å². The van der Waals surface area contributed by atoms with Gasteiger partial charge in [0.2, 0.25) is 11.8 Å². The summed E-state index contributed by atoms with van der Waals surface area (Å²) in [6.07, 6.45) is 4.44. The minimum atomic E-state index is 0.104. The number of aromatic nitrogens is 1. The molecular weight excluding hydrogens is 330 g/mol. The molecule has 1 saturated heterocycles. The molecule has 2 aromatic rings. The monoisotopic (exact) mass is 355 g/mol. The van der Waals surface area contributed by atoms with Gasteiger partial charge in [-0.05, 0) is 35.7 Å². The third kappa shape index (κ3) is 4.25. The minimum absolute atomic E-state index is 0.104. The number of piperazine rings is 1. The van der Waals surface area contributed by atoms with E-state index in [1.807, 2.05) is 53.4 Å². The number of nitrogens with one attached hydrogen (secondary N) is 1. The highest BCUT2D eigenvalue weighted by Gasteiger charge is 2.24. The highest BCUT2D eigenvalue weighted by molar-refractivity contribution is 5.81. The molecule has 0 spiro atoms. The van der Waals surface area contributed by atoms with Crippen molar-refractivity contribution in [3.63, 3.8) is 0 Å². The highest BCUT2D eigenvalue weighted by atomic mass is 16.5. The quantitative estimate of drug-likeness (QED) is 0.889. The third-order valence-corrected chi connectivity index (χ3v) is 4.82. The summed E-state index contributed by atoms with van der Waals surface area (Å²) in [5, 5.41) is 0. The number of aryl methyl sites for hydroxylation is 1. The van der Waals surface area contributed by atoms with Crippen molar-refractivity contribution in [2.75, 3.05) is 33.3 Å². The van der Waals surface area contributed by atoms with E-state index in [0.29, 0.717) is 39.0 Å². The summed E-state index contributed by atoms with van der Waals surface area (Å²) in [7, 11) is 1.64. The van der Waals surface area contributed by atoms with E-state index in [-0.39, 0.29) is 11.8 Å². The maximum Gasteiger partial charge on any atom is 0.227 e. The van der Waals surface area contributed by atoms with E-state index in [9.17, 15) is 9.59 Å². The van der Waals surface area contributed by atoms with Crippen LogP contribution in [0.5, 0.6) is 5.75 Å². The topological polar surface area (TPSA) is 65.6 Å². The lowest BCUT2D eigenvalue weighted by Gasteiger charge is -2.35. The van der Waals surface area contributed by atoms with Crippen LogP contribution in [0.15, 0.2) is 36.7 Å². The number of methoxy groups -OCH3 is 1. The molecule has 0 radical (unpaired) electrons. The molecule has 138 valence electrons. The maximum atomic E-state index is 12.6. The lowest BCUT2D eigenvalue weighted by atomic mass is 10.1. The van der Waals surface area contributed by atoms with Gasteiger partial charge < -0.3 is 19.5 Å². The van der Waals surface area contributed by atoms with E-state index in [1.54, 1.807) is 7.11 Å². The summed E-state index contributed by atoms with van der Waals surface area (Å²) in [6, 6.07) is 7.73. The molecule has 1 aromatic heterocycles. The van der Waals surface area contributed by atoms with Crippen molar-refractivity contribution in [3.05, 3.63) is 53.3 Å². The zero-order valence-electron chi connectivity index (χ0n) is 15.3. The Kier molecular flexibility index (Phi) is 5.61. The average Bonchev–Trinajstić information content (AvgIpc) is 3.15. The number of nitrogens with zero attached hydrogens (tertiary/aromatic N) is 2. The predicted molar refractivity (Wildman–Crippen MR) is 99.1 cm³/mol. The standard InChI is InChI=1S/C20H25N3O3/c1-15-11-16(3-4-18(15)26-2)12-19(24)22-7-9-23(10-8-22)20(25)13-17-5-6-21-14-17/h3-6,11,14,21H,7-10,12-13H2,1-2H3. The molecule has 0 unspecified atom stereocenters. The predicted octanol–water partition coefficient (Wildman–Crippen LogP) is 1.79. The second-order valence-corrected chi connectivity index (χ2v) is 6.64. The van der Waals surface area contributed by atoms with Gasteiger partial charge in [-0.2, -0.15) is 0 Å². The molecule has 1 aliphatic heterocycles. The van der Waals surface area contributed by atoms with E-state index in [2.05, 4.69) is 4.98 Å².